The van der Waals surface area contributed by atoms with Gasteiger partial charge in [0.1, 0.15) is 0 Å². The molecule has 19 heavy (non-hydrogen) atoms. The first-order valence-corrected chi connectivity index (χ1v) is 8.45. The van der Waals surface area contributed by atoms with Crippen LogP contribution in [0.5, 0.6) is 0 Å². The van der Waals surface area contributed by atoms with Gasteiger partial charge in [-0.3, -0.25) is 0 Å². The third-order valence-electron chi connectivity index (χ3n) is 2.63. The van der Waals surface area contributed by atoms with E-state index in [1.165, 1.54) is 22.3 Å². The van der Waals surface area contributed by atoms with E-state index in [1.54, 1.807) is 0 Å². The maximum absolute atomic E-state index is 2.21. The molecule has 0 N–H and O–H groups in total. The Morgan fingerprint density at radius 1 is 0.684 bits per heavy atom. The molecule has 0 fully saturated rings. The zero-order valence-electron chi connectivity index (χ0n) is 13.0. The summed E-state index contributed by atoms with van der Waals surface area (Å²) in [6.45, 7) is 12.9. The first-order valence-electron chi connectivity index (χ1n) is 6.14. The van der Waals surface area contributed by atoms with Crippen molar-refractivity contribution in [2.45, 2.75) is 40.8 Å². The molecular weight excluding hydrogens is 301 g/mol. The molecule has 0 nitrogen and oxygen atoms in total. The van der Waals surface area contributed by atoms with Crippen LogP contribution in [0, 0.1) is 27.7 Å². The summed E-state index contributed by atoms with van der Waals surface area (Å²) >= 11 is 0. The third-order valence-corrected chi connectivity index (χ3v) is 2.63. The van der Waals surface area contributed by atoms with Crippen LogP contribution in [0.2, 0.25) is 13.1 Å². The van der Waals surface area contributed by atoms with Crippen LogP contribution in [0.1, 0.15) is 22.3 Å². The van der Waals surface area contributed by atoms with Crippen LogP contribution in [-0.4, -0.2) is 9.52 Å². The molecule has 0 heterocycles. The second-order valence-electron chi connectivity index (χ2n) is 4.36. The second kappa shape index (κ2) is 14.5. The molecule has 0 bridgehead atoms. The molecule has 0 aromatic heterocycles. The minimum Gasteiger partial charge on any atom is -0.199 e. The summed E-state index contributed by atoms with van der Waals surface area (Å²) in [5.74, 6) is 0. The van der Waals surface area contributed by atoms with Gasteiger partial charge in [-0.25, -0.2) is 0 Å². The van der Waals surface area contributed by atoms with Crippen molar-refractivity contribution < 1.29 is 25.8 Å². The summed E-state index contributed by atoms with van der Waals surface area (Å²) in [6.07, 6.45) is 0. The molecule has 0 atom stereocenters. The van der Waals surface area contributed by atoms with Crippen LogP contribution in [0.25, 0.3) is 0 Å². The normalized spacial score (nSPS) is 7.89. The molecule has 0 aliphatic heterocycles. The van der Waals surface area contributed by atoms with Gasteiger partial charge in [0, 0.05) is 35.4 Å². The summed E-state index contributed by atoms with van der Waals surface area (Å²) in [6, 6.07) is 12.6. The van der Waals surface area contributed by atoms with Gasteiger partial charge in [-0.1, -0.05) is 40.8 Å². The molecular formula is C16H26ClScSi-2. The molecule has 2 aromatic carbocycles. The second-order valence-corrected chi connectivity index (χ2v) is 5.52. The smallest absolute Gasteiger partial charge is 0.0213 e. The fraction of sp³-hybridized carbons (Fsp3) is 0.375. The van der Waals surface area contributed by atoms with Crippen molar-refractivity contribution in [1.82, 2.24) is 0 Å². The van der Waals surface area contributed by atoms with Crippen LogP contribution in [0.3, 0.4) is 0 Å². The van der Waals surface area contributed by atoms with Crippen molar-refractivity contribution in [3.8, 4) is 0 Å². The summed E-state index contributed by atoms with van der Waals surface area (Å²) in [5.41, 5.74) is 5.56. The molecule has 0 aliphatic rings. The monoisotopic (exact) mass is 326 g/mol. The Balaban J connectivity index is -0.000000207. The molecule has 0 amide bonds. The molecule has 0 spiro atoms. The van der Waals surface area contributed by atoms with Gasteiger partial charge in [-0.05, 0) is 0 Å². The van der Waals surface area contributed by atoms with Gasteiger partial charge in [-0.2, -0.15) is 58.7 Å². The molecule has 0 saturated heterocycles. The van der Waals surface area contributed by atoms with Crippen LogP contribution < -0.4 is 0 Å². The summed E-state index contributed by atoms with van der Waals surface area (Å²) < 4.78 is 0. The van der Waals surface area contributed by atoms with Gasteiger partial charge in [0.2, 0.25) is 0 Å². The molecule has 0 aliphatic carbocycles. The van der Waals surface area contributed by atoms with Crippen molar-refractivity contribution in [2.75, 3.05) is 0 Å². The topological polar surface area (TPSA) is 0 Å². The maximum atomic E-state index is 2.21. The largest absolute Gasteiger partial charge is 0.199 e. The standard InChI is InChI=1S/2C7H9.C2H7Si.ClH.Sc/c2*1-6-4-3-5-7(6)2;1-3-2;;/h2*3-5H,1-2H3;3H,1-2H3;1H;/q2*-1;;;. The number of hydrogen-bond donors (Lipinski definition) is 0. The van der Waals surface area contributed by atoms with Gasteiger partial charge < -0.3 is 0 Å². The maximum Gasteiger partial charge on any atom is 0.0213 e. The first-order chi connectivity index (χ1) is 8.02. The van der Waals surface area contributed by atoms with Crippen LogP contribution in [0.4, 0.5) is 0 Å². The summed E-state index contributed by atoms with van der Waals surface area (Å²) in [4.78, 5) is 0. The van der Waals surface area contributed by atoms with Crippen LogP contribution in [0.15, 0.2) is 36.4 Å². The number of halogens is 1. The number of rotatable bonds is 0. The Hall–Kier alpha value is 0.0770. The molecule has 106 valence electrons. The quantitative estimate of drug-likeness (QED) is 0.473. The third kappa shape index (κ3) is 11.6. The van der Waals surface area contributed by atoms with Crippen molar-refractivity contribution in [1.29, 1.82) is 0 Å². The zero-order chi connectivity index (χ0) is 13.3. The average Bonchev–Trinajstić information content (AvgIpc) is 2.81. The fourth-order valence-corrected chi connectivity index (χ4v) is 1.20. The molecule has 2 rings (SSSR count). The molecule has 2 radical (unpaired) electrons. The number of hydrogen-bond acceptors (Lipinski definition) is 0. The Labute approximate surface area is 146 Å². The zero-order valence-corrected chi connectivity index (χ0v) is 16.8. The van der Waals surface area contributed by atoms with E-state index in [9.17, 15) is 0 Å². The Kier molecular flexibility index (Phi) is 18.4. The van der Waals surface area contributed by atoms with Gasteiger partial charge in [0.25, 0.3) is 0 Å². The van der Waals surface area contributed by atoms with E-state index in [1.807, 2.05) is 0 Å². The van der Waals surface area contributed by atoms with Crippen LogP contribution >= 0.6 is 12.4 Å². The van der Waals surface area contributed by atoms with Gasteiger partial charge in [0.15, 0.2) is 0 Å². The summed E-state index contributed by atoms with van der Waals surface area (Å²) in [7, 11) is 0.750. The van der Waals surface area contributed by atoms with E-state index in [4.69, 9.17) is 0 Å². The van der Waals surface area contributed by atoms with Crippen molar-refractivity contribution in [3.05, 3.63) is 58.7 Å². The van der Waals surface area contributed by atoms with E-state index in [-0.39, 0.29) is 38.3 Å². The fourth-order valence-electron chi connectivity index (χ4n) is 1.20. The first kappa shape index (κ1) is 24.1. The Morgan fingerprint density at radius 2 is 0.842 bits per heavy atom. The van der Waals surface area contributed by atoms with E-state index in [0.29, 0.717) is 0 Å². The van der Waals surface area contributed by atoms with Gasteiger partial charge >= 0.3 is 0 Å². The van der Waals surface area contributed by atoms with E-state index in [0.717, 1.165) is 9.52 Å². The van der Waals surface area contributed by atoms with E-state index >= 15 is 0 Å². The molecule has 2 aromatic rings. The van der Waals surface area contributed by atoms with E-state index < -0.39 is 0 Å². The SMILES string of the molecule is C[SiH]C.Cc1c[cH-]cc1C.Cc1c[cH-]cc1C.Cl.[Sc]. The molecule has 3 heteroatoms. The van der Waals surface area contributed by atoms with E-state index in [2.05, 4.69) is 77.2 Å². The predicted octanol–water partition coefficient (Wildman–Crippen LogP) is 4.98. The van der Waals surface area contributed by atoms with Gasteiger partial charge in [-0.15, -0.1) is 12.4 Å². The van der Waals surface area contributed by atoms with Crippen molar-refractivity contribution in [2.24, 2.45) is 0 Å². The minimum absolute atomic E-state index is 0. The number of aryl methyl sites for hydroxylation is 4. The van der Waals surface area contributed by atoms with Gasteiger partial charge in [0.05, 0.1) is 0 Å². The molecule has 0 saturated carbocycles. The Morgan fingerprint density at radius 3 is 0.895 bits per heavy atom. The minimum atomic E-state index is 0. The predicted molar refractivity (Wildman–Crippen MR) is 89.1 cm³/mol. The average molecular weight is 327 g/mol. The molecule has 0 unspecified atom stereocenters. The van der Waals surface area contributed by atoms with Crippen molar-refractivity contribution >= 4 is 21.9 Å². The Bertz CT molecular complexity index is 333. The van der Waals surface area contributed by atoms with Crippen LogP contribution in [-0.2, 0) is 25.8 Å². The summed E-state index contributed by atoms with van der Waals surface area (Å²) in [5, 5.41) is 0. The van der Waals surface area contributed by atoms with Crippen molar-refractivity contribution in [3.63, 3.8) is 0 Å².